The predicted octanol–water partition coefficient (Wildman–Crippen LogP) is 5.05. The zero-order chi connectivity index (χ0) is 37.1. The van der Waals surface area contributed by atoms with Gasteiger partial charge in [0.25, 0.3) is 0 Å². The fraction of sp³-hybridized carbons (Fsp3) is 0.821. The van der Waals surface area contributed by atoms with Gasteiger partial charge in [-0.3, -0.25) is 4.79 Å². The Hall–Kier alpha value is -1.75. The molecule has 304 valence electrons. The highest BCUT2D eigenvalue weighted by atomic mass is 16.6. The van der Waals surface area contributed by atoms with E-state index in [1.807, 2.05) is 30.3 Å². The maximum atomic E-state index is 11.7. The van der Waals surface area contributed by atoms with Crippen molar-refractivity contribution in [1.29, 1.82) is 0 Å². The molecule has 52 heavy (non-hydrogen) atoms. The van der Waals surface area contributed by atoms with Crippen LogP contribution in [0, 0.1) is 0 Å². The molecule has 0 atom stereocenters. The number of unbranched alkanes of at least 4 members (excludes halogenated alkanes) is 6. The van der Waals surface area contributed by atoms with Crippen LogP contribution in [0.5, 0.6) is 0 Å². The minimum atomic E-state index is -0.141. The van der Waals surface area contributed by atoms with E-state index >= 15 is 0 Å². The second-order valence-electron chi connectivity index (χ2n) is 11.8. The molecular formula is C39H70O13. The van der Waals surface area contributed by atoms with Crippen LogP contribution in [0.25, 0.3) is 0 Å². The Morgan fingerprint density at radius 2 is 0.692 bits per heavy atom. The van der Waals surface area contributed by atoms with Crippen molar-refractivity contribution in [3.63, 3.8) is 0 Å². The smallest absolute Gasteiger partial charge is 0.305 e. The van der Waals surface area contributed by atoms with Gasteiger partial charge in [-0.2, -0.15) is 0 Å². The Morgan fingerprint density at radius 3 is 1.06 bits per heavy atom. The third-order valence-electron chi connectivity index (χ3n) is 7.31. The Bertz CT molecular complexity index is 834. The topological polar surface area (TPSA) is 128 Å². The second-order valence-corrected chi connectivity index (χ2v) is 11.8. The molecule has 0 aromatic heterocycles. The quantitative estimate of drug-likeness (QED) is 0.0654. The van der Waals surface area contributed by atoms with Crippen LogP contribution in [-0.4, -0.2) is 151 Å². The van der Waals surface area contributed by atoms with Gasteiger partial charge in [-0.25, -0.2) is 0 Å². The lowest BCUT2D eigenvalue weighted by molar-refractivity contribution is -0.145. The molecule has 1 aromatic rings. The molecule has 13 heteroatoms. The lowest BCUT2D eigenvalue weighted by Gasteiger charge is -2.09. The lowest BCUT2D eigenvalue weighted by atomic mass is 10.1. The number of carbonyl (C=O) groups is 1. The highest BCUT2D eigenvalue weighted by molar-refractivity contribution is 5.69. The van der Waals surface area contributed by atoms with E-state index in [2.05, 4.69) is 6.92 Å². The number of rotatable bonds is 43. The first kappa shape index (κ1) is 48.3. The third-order valence-corrected chi connectivity index (χ3v) is 7.31. The predicted molar refractivity (Wildman–Crippen MR) is 198 cm³/mol. The standard InChI is InChI=1S/C39H70O13/c1-2-3-4-5-6-7-11-14-39(40)52-36-35-50-32-31-48-28-27-46-24-23-44-20-19-42-16-15-41-17-18-43-21-22-45-25-26-47-29-30-49-33-34-51-37-38-12-9-8-10-13-38/h8-10,12-13H,2-7,11,14-37H2,1H3. The number of carbonyl (C=O) groups excluding carboxylic acids is 1. The molecule has 0 aliphatic heterocycles. The Labute approximate surface area is 313 Å². The van der Waals surface area contributed by atoms with E-state index in [9.17, 15) is 4.79 Å². The van der Waals surface area contributed by atoms with Crippen molar-refractivity contribution in [2.45, 2.75) is 64.9 Å². The van der Waals surface area contributed by atoms with Crippen LogP contribution in [0.15, 0.2) is 30.3 Å². The van der Waals surface area contributed by atoms with Crippen molar-refractivity contribution in [2.24, 2.45) is 0 Å². The molecule has 0 heterocycles. The first-order valence-corrected chi connectivity index (χ1v) is 19.4. The summed E-state index contributed by atoms with van der Waals surface area (Å²) < 4.78 is 65.6. The summed E-state index contributed by atoms with van der Waals surface area (Å²) in [5.41, 5.74) is 1.16. The Balaban J connectivity index is 1.62. The highest BCUT2D eigenvalue weighted by Gasteiger charge is 2.03. The number of benzene rings is 1. The molecule has 1 aromatic carbocycles. The monoisotopic (exact) mass is 746 g/mol. The molecule has 0 spiro atoms. The Kier molecular flexibility index (Phi) is 39.0. The molecule has 0 bridgehead atoms. The van der Waals surface area contributed by atoms with Gasteiger partial charge in [0.05, 0.1) is 145 Å². The van der Waals surface area contributed by atoms with Gasteiger partial charge >= 0.3 is 5.97 Å². The van der Waals surface area contributed by atoms with Crippen LogP contribution in [-0.2, 0) is 68.2 Å². The van der Waals surface area contributed by atoms with Crippen LogP contribution in [0.4, 0.5) is 0 Å². The molecule has 1 rings (SSSR count). The summed E-state index contributed by atoms with van der Waals surface area (Å²) in [4.78, 5) is 11.7. The van der Waals surface area contributed by atoms with Gasteiger partial charge in [-0.1, -0.05) is 75.8 Å². The summed E-state index contributed by atoms with van der Waals surface area (Å²) >= 11 is 0. The molecule has 0 radical (unpaired) electrons. The minimum absolute atomic E-state index is 0.141. The van der Waals surface area contributed by atoms with Gasteiger partial charge in [0.1, 0.15) is 6.61 Å². The van der Waals surface area contributed by atoms with Gasteiger partial charge in [0.2, 0.25) is 0 Å². The summed E-state index contributed by atoms with van der Waals surface area (Å²) in [6.45, 7) is 13.6. The van der Waals surface area contributed by atoms with E-state index in [4.69, 9.17) is 56.8 Å². The van der Waals surface area contributed by atoms with Gasteiger partial charge in [-0.05, 0) is 12.0 Å². The van der Waals surface area contributed by atoms with Gasteiger partial charge in [-0.15, -0.1) is 0 Å². The molecule has 0 unspecified atom stereocenters. The van der Waals surface area contributed by atoms with Crippen LogP contribution in [0.1, 0.15) is 63.9 Å². The first-order valence-electron chi connectivity index (χ1n) is 19.4. The fourth-order valence-corrected chi connectivity index (χ4v) is 4.48. The van der Waals surface area contributed by atoms with Crippen molar-refractivity contribution in [1.82, 2.24) is 0 Å². The minimum Gasteiger partial charge on any atom is -0.463 e. The van der Waals surface area contributed by atoms with Crippen molar-refractivity contribution in [3.8, 4) is 0 Å². The van der Waals surface area contributed by atoms with Crippen LogP contribution in [0.2, 0.25) is 0 Å². The number of esters is 1. The van der Waals surface area contributed by atoms with E-state index in [-0.39, 0.29) is 12.6 Å². The molecule has 0 N–H and O–H groups in total. The summed E-state index contributed by atoms with van der Waals surface area (Å²) in [6, 6.07) is 10.1. The van der Waals surface area contributed by atoms with E-state index in [1.165, 1.54) is 32.1 Å². The van der Waals surface area contributed by atoms with Crippen LogP contribution < -0.4 is 0 Å². The van der Waals surface area contributed by atoms with Crippen molar-refractivity contribution >= 4 is 5.97 Å². The van der Waals surface area contributed by atoms with E-state index in [0.717, 1.165) is 18.4 Å². The normalized spacial score (nSPS) is 11.4. The van der Waals surface area contributed by atoms with Gasteiger partial charge < -0.3 is 56.8 Å². The maximum absolute atomic E-state index is 11.7. The van der Waals surface area contributed by atoms with Gasteiger partial charge in [0.15, 0.2) is 0 Å². The molecule has 0 saturated carbocycles. The molecular weight excluding hydrogens is 676 g/mol. The molecule has 0 aliphatic rings. The zero-order valence-corrected chi connectivity index (χ0v) is 32.1. The zero-order valence-electron chi connectivity index (χ0n) is 32.1. The summed E-state index contributed by atoms with van der Waals surface area (Å²) in [6.07, 6.45) is 8.79. The summed E-state index contributed by atoms with van der Waals surface area (Å²) in [5, 5.41) is 0. The molecule has 0 fully saturated rings. The van der Waals surface area contributed by atoms with Crippen LogP contribution in [0.3, 0.4) is 0 Å². The summed E-state index contributed by atoms with van der Waals surface area (Å²) in [7, 11) is 0. The van der Waals surface area contributed by atoms with Crippen LogP contribution >= 0.6 is 0 Å². The van der Waals surface area contributed by atoms with E-state index in [0.29, 0.717) is 152 Å². The highest BCUT2D eigenvalue weighted by Crippen LogP contribution is 2.08. The fourth-order valence-electron chi connectivity index (χ4n) is 4.48. The average molecular weight is 747 g/mol. The third kappa shape index (κ3) is 38.0. The first-order chi connectivity index (χ1) is 25.8. The summed E-state index contributed by atoms with van der Waals surface area (Å²) in [5.74, 6) is -0.141. The van der Waals surface area contributed by atoms with Crippen molar-refractivity contribution in [3.05, 3.63) is 35.9 Å². The number of hydrogen-bond donors (Lipinski definition) is 0. The largest absolute Gasteiger partial charge is 0.463 e. The number of ether oxygens (including phenoxy) is 12. The SMILES string of the molecule is CCCCCCCCCC(=O)OCCOCCOCCOCCOCCOCCOCCOCCOCCOCCOCCOCc1ccccc1. The van der Waals surface area contributed by atoms with Crippen molar-refractivity contribution < 1.29 is 61.6 Å². The van der Waals surface area contributed by atoms with E-state index < -0.39 is 0 Å². The lowest BCUT2D eigenvalue weighted by Crippen LogP contribution is -2.15. The molecule has 0 aliphatic carbocycles. The van der Waals surface area contributed by atoms with Crippen molar-refractivity contribution in [2.75, 3.05) is 145 Å². The number of hydrogen-bond acceptors (Lipinski definition) is 13. The average Bonchev–Trinajstić information content (AvgIpc) is 3.16. The second kappa shape index (κ2) is 42.0. The molecule has 0 amide bonds. The van der Waals surface area contributed by atoms with E-state index in [1.54, 1.807) is 0 Å². The van der Waals surface area contributed by atoms with Gasteiger partial charge in [0, 0.05) is 6.42 Å². The molecule has 0 saturated heterocycles. The maximum Gasteiger partial charge on any atom is 0.305 e. The Morgan fingerprint density at radius 1 is 0.385 bits per heavy atom. The molecule has 13 nitrogen and oxygen atoms in total.